The largest absolute Gasteiger partial charge is 0.380 e. The molecule has 5 nitrogen and oxygen atoms in total. The maximum atomic E-state index is 11.7. The molecule has 0 amide bonds. The molecule has 1 aromatic carbocycles. The van der Waals surface area contributed by atoms with E-state index in [2.05, 4.69) is 24.2 Å². The molecule has 100 valence electrons. The molecule has 1 fully saturated rings. The van der Waals surface area contributed by atoms with Crippen LogP contribution in [0.25, 0.3) is 0 Å². The van der Waals surface area contributed by atoms with E-state index in [1.165, 1.54) is 0 Å². The lowest BCUT2D eigenvalue weighted by Gasteiger charge is -2.35. The van der Waals surface area contributed by atoms with Crippen molar-refractivity contribution in [3.8, 4) is 0 Å². The third kappa shape index (κ3) is 2.41. The van der Waals surface area contributed by atoms with Crippen molar-refractivity contribution < 1.29 is 0 Å². The van der Waals surface area contributed by atoms with Crippen LogP contribution >= 0.6 is 0 Å². The Kier molecular flexibility index (Phi) is 4.01. The third-order valence-corrected chi connectivity index (χ3v) is 3.54. The molecule has 5 heteroatoms. The molecule has 0 unspecified atom stereocenters. The molecule has 1 aliphatic heterocycles. The zero-order chi connectivity index (χ0) is 13.1. The second-order valence-electron chi connectivity index (χ2n) is 4.95. The van der Waals surface area contributed by atoms with Gasteiger partial charge in [0, 0.05) is 32.7 Å². The van der Waals surface area contributed by atoms with Gasteiger partial charge in [0.25, 0.3) is 10.9 Å². The molecule has 0 spiro atoms. The summed E-state index contributed by atoms with van der Waals surface area (Å²) in [5.74, 6) is 0. The van der Waals surface area contributed by atoms with Crippen molar-refractivity contribution in [2.75, 3.05) is 50.0 Å². The molecule has 0 aromatic heterocycles. The van der Waals surface area contributed by atoms with Crippen LogP contribution in [0.4, 0.5) is 11.4 Å². The Labute approximate surface area is 107 Å². The maximum absolute atomic E-state index is 11.7. The summed E-state index contributed by atoms with van der Waals surface area (Å²) in [5.41, 5.74) is 0.487. The molecule has 0 atom stereocenters. The fourth-order valence-corrected chi connectivity index (χ4v) is 2.27. The van der Waals surface area contributed by atoms with Crippen molar-refractivity contribution in [3.63, 3.8) is 0 Å². The van der Waals surface area contributed by atoms with Crippen molar-refractivity contribution in [1.82, 2.24) is 4.90 Å². The standard InChI is InChI=1S/C13H21N3O2/c1-3-4-5-14-10-11(13(18)12(10)17)16-8-6-15(2)7-9-16/h14H,3-9H2,1-2H3. The molecule has 0 radical (unpaired) electrons. The predicted molar refractivity (Wildman–Crippen MR) is 74.5 cm³/mol. The smallest absolute Gasteiger partial charge is 0.253 e. The second kappa shape index (κ2) is 5.52. The van der Waals surface area contributed by atoms with E-state index in [9.17, 15) is 9.59 Å². The third-order valence-electron chi connectivity index (χ3n) is 3.54. The highest BCUT2D eigenvalue weighted by atomic mass is 16.2. The maximum Gasteiger partial charge on any atom is 0.253 e. The highest BCUT2D eigenvalue weighted by Crippen LogP contribution is 2.21. The van der Waals surface area contributed by atoms with Crippen LogP contribution in [0.1, 0.15) is 19.8 Å². The number of nitrogens with one attached hydrogen (secondary N) is 1. The Hall–Kier alpha value is -1.36. The minimum Gasteiger partial charge on any atom is -0.380 e. The number of hydrogen-bond donors (Lipinski definition) is 1. The average molecular weight is 251 g/mol. The van der Waals surface area contributed by atoms with Gasteiger partial charge in [-0.25, -0.2) is 0 Å². The van der Waals surface area contributed by atoms with Gasteiger partial charge in [0.2, 0.25) is 0 Å². The minimum atomic E-state index is -0.347. The summed E-state index contributed by atoms with van der Waals surface area (Å²) in [4.78, 5) is 27.5. The molecule has 0 saturated carbocycles. The summed E-state index contributed by atoms with van der Waals surface area (Å²) >= 11 is 0. The average Bonchev–Trinajstić information content (AvgIpc) is 2.39. The van der Waals surface area contributed by atoms with Crippen LogP contribution in [0.5, 0.6) is 0 Å². The summed E-state index contributed by atoms with van der Waals surface area (Å²) in [7, 11) is 2.07. The van der Waals surface area contributed by atoms with Gasteiger partial charge in [-0.2, -0.15) is 0 Å². The lowest BCUT2D eigenvalue weighted by molar-refractivity contribution is 0.312. The van der Waals surface area contributed by atoms with Crippen molar-refractivity contribution in [2.45, 2.75) is 19.8 Å². The van der Waals surface area contributed by atoms with E-state index in [1.54, 1.807) is 0 Å². The molecule has 1 aliphatic rings. The van der Waals surface area contributed by atoms with Crippen molar-refractivity contribution >= 4 is 11.4 Å². The normalized spacial score (nSPS) is 17.3. The number of unbranched alkanes of at least 4 members (excludes halogenated alkanes) is 1. The van der Waals surface area contributed by atoms with Gasteiger partial charge in [-0.15, -0.1) is 0 Å². The highest BCUT2D eigenvalue weighted by Gasteiger charge is 2.27. The van der Waals surface area contributed by atoms with Gasteiger partial charge in [0.15, 0.2) is 0 Å². The van der Waals surface area contributed by atoms with Crippen LogP contribution in [0.2, 0.25) is 0 Å². The molecular weight excluding hydrogens is 230 g/mol. The van der Waals surface area contributed by atoms with Gasteiger partial charge in [0.05, 0.1) is 0 Å². The first-order valence-electron chi connectivity index (χ1n) is 6.65. The SMILES string of the molecule is CCCCNc1c(N2CCN(C)CC2)c(=O)c1=O. The highest BCUT2D eigenvalue weighted by molar-refractivity contribution is 5.75. The minimum absolute atomic E-state index is 0.321. The van der Waals surface area contributed by atoms with Crippen molar-refractivity contribution in [2.24, 2.45) is 0 Å². The summed E-state index contributed by atoms with van der Waals surface area (Å²) in [6, 6.07) is 0. The van der Waals surface area contributed by atoms with E-state index in [0.717, 1.165) is 45.6 Å². The number of anilines is 2. The zero-order valence-electron chi connectivity index (χ0n) is 11.2. The second-order valence-corrected chi connectivity index (χ2v) is 4.95. The van der Waals surface area contributed by atoms with Crippen LogP contribution in [-0.4, -0.2) is 44.7 Å². The first-order valence-corrected chi connectivity index (χ1v) is 6.65. The summed E-state index contributed by atoms with van der Waals surface area (Å²) in [6.07, 6.45) is 2.09. The molecule has 1 aromatic rings. The molecule has 18 heavy (non-hydrogen) atoms. The Balaban J connectivity index is 2.06. The van der Waals surface area contributed by atoms with E-state index in [1.807, 2.05) is 4.90 Å². The first-order chi connectivity index (χ1) is 8.65. The van der Waals surface area contributed by atoms with Crippen LogP contribution in [0.3, 0.4) is 0 Å². The number of rotatable bonds is 5. The Bertz CT molecular complexity index is 469. The summed E-state index contributed by atoms with van der Waals surface area (Å²) < 4.78 is 0. The zero-order valence-corrected chi connectivity index (χ0v) is 11.2. The van der Waals surface area contributed by atoms with Crippen molar-refractivity contribution in [1.29, 1.82) is 0 Å². The van der Waals surface area contributed by atoms with Gasteiger partial charge in [-0.1, -0.05) is 13.3 Å². The van der Waals surface area contributed by atoms with E-state index in [0.29, 0.717) is 11.4 Å². The van der Waals surface area contributed by atoms with Gasteiger partial charge in [0.1, 0.15) is 11.4 Å². The van der Waals surface area contributed by atoms with Crippen LogP contribution in [0, 0.1) is 0 Å². The Morgan fingerprint density at radius 1 is 1.11 bits per heavy atom. The topological polar surface area (TPSA) is 52.6 Å². The monoisotopic (exact) mass is 251 g/mol. The van der Waals surface area contributed by atoms with Crippen LogP contribution in [0.15, 0.2) is 9.59 Å². The van der Waals surface area contributed by atoms with Gasteiger partial charge >= 0.3 is 0 Å². The summed E-state index contributed by atoms with van der Waals surface area (Å²) in [6.45, 7) is 6.39. The number of hydrogen-bond acceptors (Lipinski definition) is 5. The fraction of sp³-hybridized carbons (Fsp3) is 0.692. The molecule has 1 saturated heterocycles. The molecule has 1 N–H and O–H groups in total. The molecule has 0 bridgehead atoms. The van der Waals surface area contributed by atoms with E-state index >= 15 is 0 Å². The number of likely N-dealkylation sites (N-methyl/N-ethyl adjacent to an activating group) is 1. The number of nitrogens with zero attached hydrogens (tertiary/aromatic N) is 2. The first kappa shape index (κ1) is 13.1. The van der Waals surface area contributed by atoms with Crippen LogP contribution < -0.4 is 21.1 Å². The van der Waals surface area contributed by atoms with Gasteiger partial charge < -0.3 is 15.1 Å². The Morgan fingerprint density at radius 3 is 2.39 bits per heavy atom. The molecule has 1 heterocycles. The number of piperazine rings is 1. The van der Waals surface area contributed by atoms with E-state index in [4.69, 9.17) is 0 Å². The van der Waals surface area contributed by atoms with Gasteiger partial charge in [-0.3, -0.25) is 9.59 Å². The van der Waals surface area contributed by atoms with Crippen LogP contribution in [-0.2, 0) is 0 Å². The lowest BCUT2D eigenvalue weighted by Crippen LogP contribution is -2.50. The fourth-order valence-electron chi connectivity index (χ4n) is 2.27. The molecular formula is C13H21N3O2. The molecule has 2 rings (SSSR count). The predicted octanol–water partition coefficient (Wildman–Crippen LogP) is 0.246. The van der Waals surface area contributed by atoms with E-state index in [-0.39, 0.29) is 10.9 Å². The summed E-state index contributed by atoms with van der Waals surface area (Å²) in [5, 5.41) is 3.11. The van der Waals surface area contributed by atoms with Gasteiger partial charge in [-0.05, 0) is 13.5 Å². The lowest BCUT2D eigenvalue weighted by atomic mass is 10.1. The molecule has 0 aliphatic carbocycles. The van der Waals surface area contributed by atoms with E-state index < -0.39 is 0 Å². The Morgan fingerprint density at radius 2 is 1.78 bits per heavy atom. The van der Waals surface area contributed by atoms with Crippen molar-refractivity contribution in [3.05, 3.63) is 20.4 Å². The quantitative estimate of drug-likeness (QED) is 0.600.